The van der Waals surface area contributed by atoms with Crippen LogP contribution in [0.1, 0.15) is 31.2 Å². The van der Waals surface area contributed by atoms with Gasteiger partial charge < -0.3 is 10.6 Å². The largest absolute Gasteiger partial charge is 0.324 e. The zero-order valence-electron chi connectivity index (χ0n) is 10.6. The molecule has 2 rings (SSSR count). The zero-order chi connectivity index (χ0) is 13.0. The van der Waals surface area contributed by atoms with Gasteiger partial charge in [-0.25, -0.2) is 0 Å². The number of anilines is 1. The van der Waals surface area contributed by atoms with Gasteiger partial charge in [-0.15, -0.1) is 0 Å². The van der Waals surface area contributed by atoms with Gasteiger partial charge in [-0.05, 0) is 44.0 Å². The Morgan fingerprint density at radius 2 is 2.22 bits per heavy atom. The molecule has 1 aliphatic rings. The molecule has 18 heavy (non-hydrogen) atoms. The third-order valence-corrected chi connectivity index (χ3v) is 3.81. The molecule has 1 amide bonds. The first-order valence-corrected chi connectivity index (χ1v) is 6.85. The maximum atomic E-state index is 12.2. The second kappa shape index (κ2) is 6.21. The van der Waals surface area contributed by atoms with E-state index in [9.17, 15) is 4.79 Å². The van der Waals surface area contributed by atoms with E-state index in [-0.39, 0.29) is 11.9 Å². The minimum Gasteiger partial charge on any atom is -0.324 e. The summed E-state index contributed by atoms with van der Waals surface area (Å²) >= 11 is 6.04. The topological polar surface area (TPSA) is 41.1 Å². The van der Waals surface area contributed by atoms with Crippen molar-refractivity contribution in [3.63, 3.8) is 0 Å². The van der Waals surface area contributed by atoms with Crippen molar-refractivity contribution in [2.45, 2.75) is 38.6 Å². The first-order valence-electron chi connectivity index (χ1n) is 6.48. The van der Waals surface area contributed by atoms with Crippen LogP contribution in [0.4, 0.5) is 5.69 Å². The Kier molecular flexibility index (Phi) is 4.61. The summed E-state index contributed by atoms with van der Waals surface area (Å²) in [6.07, 6.45) is 4.37. The van der Waals surface area contributed by atoms with E-state index in [2.05, 4.69) is 10.6 Å². The molecule has 4 heteroatoms. The standard InChI is InChI=1S/C14H19ClN2O/c1-10-11(15)6-5-8-12(10)17-14(18)13-7-3-2-4-9-16-13/h5-6,8,13,16H,2-4,7,9H2,1H3,(H,17,18). The van der Waals surface area contributed by atoms with Crippen molar-refractivity contribution >= 4 is 23.2 Å². The van der Waals surface area contributed by atoms with Gasteiger partial charge in [0.25, 0.3) is 0 Å². The molecular formula is C14H19ClN2O. The zero-order valence-corrected chi connectivity index (χ0v) is 11.4. The van der Waals surface area contributed by atoms with E-state index in [0.29, 0.717) is 5.02 Å². The molecule has 1 heterocycles. The van der Waals surface area contributed by atoms with E-state index in [4.69, 9.17) is 11.6 Å². The van der Waals surface area contributed by atoms with Crippen molar-refractivity contribution in [2.24, 2.45) is 0 Å². The number of benzene rings is 1. The van der Waals surface area contributed by atoms with Crippen molar-refractivity contribution in [1.82, 2.24) is 5.32 Å². The average molecular weight is 267 g/mol. The fraction of sp³-hybridized carbons (Fsp3) is 0.500. The monoisotopic (exact) mass is 266 g/mol. The molecule has 0 spiro atoms. The van der Waals surface area contributed by atoms with E-state index in [0.717, 1.165) is 37.1 Å². The number of hydrogen-bond acceptors (Lipinski definition) is 2. The van der Waals surface area contributed by atoms with Gasteiger partial charge in [0.15, 0.2) is 0 Å². The van der Waals surface area contributed by atoms with E-state index < -0.39 is 0 Å². The number of rotatable bonds is 2. The Morgan fingerprint density at radius 1 is 1.39 bits per heavy atom. The van der Waals surface area contributed by atoms with Crippen LogP contribution in [0.15, 0.2) is 18.2 Å². The molecular weight excluding hydrogens is 248 g/mol. The Bertz CT molecular complexity index is 426. The smallest absolute Gasteiger partial charge is 0.241 e. The molecule has 0 aliphatic carbocycles. The number of carbonyl (C=O) groups excluding carboxylic acids is 1. The van der Waals surface area contributed by atoms with Crippen LogP contribution < -0.4 is 10.6 Å². The van der Waals surface area contributed by atoms with E-state index in [1.165, 1.54) is 6.42 Å². The summed E-state index contributed by atoms with van der Waals surface area (Å²) < 4.78 is 0. The van der Waals surface area contributed by atoms with Crippen molar-refractivity contribution in [3.05, 3.63) is 28.8 Å². The molecule has 1 aliphatic heterocycles. The number of nitrogens with one attached hydrogen (secondary N) is 2. The lowest BCUT2D eigenvalue weighted by Gasteiger charge is -2.17. The summed E-state index contributed by atoms with van der Waals surface area (Å²) in [7, 11) is 0. The summed E-state index contributed by atoms with van der Waals surface area (Å²) in [6, 6.07) is 5.49. The Labute approximate surface area is 113 Å². The van der Waals surface area contributed by atoms with Gasteiger partial charge in [0.2, 0.25) is 5.91 Å². The van der Waals surface area contributed by atoms with Gasteiger partial charge in [0, 0.05) is 10.7 Å². The molecule has 0 bridgehead atoms. The van der Waals surface area contributed by atoms with Gasteiger partial charge in [-0.2, -0.15) is 0 Å². The van der Waals surface area contributed by atoms with Crippen LogP contribution in [-0.4, -0.2) is 18.5 Å². The van der Waals surface area contributed by atoms with Crippen LogP contribution in [0.5, 0.6) is 0 Å². The van der Waals surface area contributed by atoms with Crippen molar-refractivity contribution in [3.8, 4) is 0 Å². The number of hydrogen-bond donors (Lipinski definition) is 2. The van der Waals surface area contributed by atoms with Crippen LogP contribution >= 0.6 is 11.6 Å². The SMILES string of the molecule is Cc1c(Cl)cccc1NC(=O)C1CCCCCN1. The fourth-order valence-corrected chi connectivity index (χ4v) is 2.39. The predicted octanol–water partition coefficient (Wildman–Crippen LogP) is 3.12. The molecule has 2 N–H and O–H groups in total. The summed E-state index contributed by atoms with van der Waals surface area (Å²) in [5.74, 6) is 0.0438. The lowest BCUT2D eigenvalue weighted by atomic mass is 10.1. The van der Waals surface area contributed by atoms with E-state index in [1.807, 2.05) is 25.1 Å². The Hall–Kier alpha value is -1.06. The second-order valence-electron chi connectivity index (χ2n) is 4.76. The minimum absolute atomic E-state index is 0.0438. The maximum absolute atomic E-state index is 12.2. The van der Waals surface area contributed by atoms with Gasteiger partial charge in [-0.3, -0.25) is 4.79 Å². The van der Waals surface area contributed by atoms with E-state index in [1.54, 1.807) is 0 Å². The first-order chi connectivity index (χ1) is 8.68. The van der Waals surface area contributed by atoms with E-state index >= 15 is 0 Å². The molecule has 1 unspecified atom stereocenters. The van der Waals surface area contributed by atoms with Gasteiger partial charge in [-0.1, -0.05) is 30.5 Å². The highest BCUT2D eigenvalue weighted by Crippen LogP contribution is 2.23. The molecule has 0 radical (unpaired) electrons. The minimum atomic E-state index is -0.0779. The quantitative estimate of drug-likeness (QED) is 0.864. The summed E-state index contributed by atoms with van der Waals surface area (Å²) in [5.41, 5.74) is 1.72. The molecule has 1 fully saturated rings. The highest BCUT2D eigenvalue weighted by Gasteiger charge is 2.20. The Balaban J connectivity index is 2.03. The van der Waals surface area contributed by atoms with Gasteiger partial charge >= 0.3 is 0 Å². The normalized spacial score (nSPS) is 20.2. The molecule has 1 atom stereocenters. The van der Waals surface area contributed by atoms with Crippen LogP contribution in [0.2, 0.25) is 5.02 Å². The molecule has 0 saturated carbocycles. The van der Waals surface area contributed by atoms with Crippen LogP contribution in [-0.2, 0) is 4.79 Å². The molecule has 1 aromatic carbocycles. The lowest BCUT2D eigenvalue weighted by molar-refractivity contribution is -0.118. The third kappa shape index (κ3) is 3.24. The van der Waals surface area contributed by atoms with Crippen LogP contribution in [0.3, 0.4) is 0 Å². The number of carbonyl (C=O) groups is 1. The van der Waals surface area contributed by atoms with Gasteiger partial charge in [0.1, 0.15) is 0 Å². The molecule has 98 valence electrons. The summed E-state index contributed by atoms with van der Waals surface area (Å²) in [5, 5.41) is 6.94. The second-order valence-corrected chi connectivity index (χ2v) is 5.16. The first kappa shape index (κ1) is 13.4. The van der Waals surface area contributed by atoms with Crippen LogP contribution in [0.25, 0.3) is 0 Å². The third-order valence-electron chi connectivity index (χ3n) is 3.40. The Morgan fingerprint density at radius 3 is 3.06 bits per heavy atom. The molecule has 3 nitrogen and oxygen atoms in total. The number of amides is 1. The fourth-order valence-electron chi connectivity index (χ4n) is 2.22. The summed E-state index contributed by atoms with van der Waals surface area (Å²) in [6.45, 7) is 2.84. The average Bonchev–Trinajstić information content (AvgIpc) is 2.63. The van der Waals surface area contributed by atoms with Crippen molar-refractivity contribution < 1.29 is 4.79 Å². The highest BCUT2D eigenvalue weighted by atomic mass is 35.5. The molecule has 1 saturated heterocycles. The highest BCUT2D eigenvalue weighted by molar-refractivity contribution is 6.31. The maximum Gasteiger partial charge on any atom is 0.241 e. The lowest BCUT2D eigenvalue weighted by Crippen LogP contribution is -2.39. The summed E-state index contributed by atoms with van der Waals surface area (Å²) in [4.78, 5) is 12.2. The molecule has 0 aromatic heterocycles. The number of halogens is 1. The predicted molar refractivity (Wildman–Crippen MR) is 75.1 cm³/mol. The molecule has 1 aromatic rings. The van der Waals surface area contributed by atoms with Crippen LogP contribution in [0, 0.1) is 6.92 Å². The van der Waals surface area contributed by atoms with Crippen molar-refractivity contribution in [1.29, 1.82) is 0 Å². The van der Waals surface area contributed by atoms with Gasteiger partial charge in [0.05, 0.1) is 6.04 Å². The van der Waals surface area contributed by atoms with Crippen molar-refractivity contribution in [2.75, 3.05) is 11.9 Å².